The normalized spacial score (nSPS) is 24.0. The van der Waals surface area contributed by atoms with Crippen LogP contribution in [0, 0.1) is 0 Å². The van der Waals surface area contributed by atoms with Gasteiger partial charge >= 0.3 is 5.97 Å². The summed E-state index contributed by atoms with van der Waals surface area (Å²) in [6, 6.07) is 15.7. The highest BCUT2D eigenvalue weighted by molar-refractivity contribution is 6.00. The molecule has 0 unspecified atom stereocenters. The summed E-state index contributed by atoms with van der Waals surface area (Å²) >= 11 is 0. The van der Waals surface area contributed by atoms with Crippen molar-refractivity contribution in [3.63, 3.8) is 0 Å². The summed E-state index contributed by atoms with van der Waals surface area (Å²) in [7, 11) is 0. The first kappa shape index (κ1) is 24.0. The van der Waals surface area contributed by atoms with Crippen LogP contribution < -0.4 is 14.2 Å². The third-order valence-electron chi connectivity index (χ3n) is 7.77. The lowest BCUT2D eigenvalue weighted by atomic mass is 9.69. The molecule has 0 amide bonds. The fraction of sp³-hybridized carbons (Fsp3) is 0.167. The van der Waals surface area contributed by atoms with E-state index in [1.54, 1.807) is 24.3 Å². The Labute approximate surface area is 226 Å². The van der Waals surface area contributed by atoms with Gasteiger partial charge in [-0.2, -0.15) is 0 Å². The Hall–Kier alpha value is -5.09. The second-order valence-electron chi connectivity index (χ2n) is 10.1. The van der Waals surface area contributed by atoms with Gasteiger partial charge in [-0.1, -0.05) is 24.3 Å². The van der Waals surface area contributed by atoms with Crippen molar-refractivity contribution in [2.75, 3.05) is 0 Å². The van der Waals surface area contributed by atoms with E-state index in [9.17, 15) is 35.4 Å². The summed E-state index contributed by atoms with van der Waals surface area (Å²) in [5, 5.41) is 62.8. The van der Waals surface area contributed by atoms with Gasteiger partial charge in [0.05, 0.1) is 17.2 Å². The first-order valence-corrected chi connectivity index (χ1v) is 12.5. The van der Waals surface area contributed by atoms with Gasteiger partial charge in [0.25, 0.3) is 0 Å². The molecule has 10 nitrogen and oxygen atoms in total. The lowest BCUT2D eigenvalue weighted by Crippen LogP contribution is -2.40. The fourth-order valence-corrected chi connectivity index (χ4v) is 6.06. The highest BCUT2D eigenvalue weighted by atomic mass is 16.6. The number of esters is 1. The standard InChI is InChI=1S/C30H22O10/c31-15-5-1-13(2-6-15)26-21(36)11-18-19(34)12-23-25(27(18)40-26)30(29(37)39-23)24-20(35)9-17(33)10-22(24)38-28(30)14-3-7-16(32)8-4-14/h1-10,12,21,26,28,31-36H,11H2/t21-,26-,28-,30-/m1/s1. The van der Waals surface area contributed by atoms with Crippen molar-refractivity contribution in [3.05, 3.63) is 94.5 Å². The van der Waals surface area contributed by atoms with Gasteiger partial charge in [0.15, 0.2) is 5.41 Å². The Bertz CT molecular complexity index is 1700. The molecule has 0 fully saturated rings. The molecule has 0 aromatic heterocycles. The summed E-state index contributed by atoms with van der Waals surface area (Å²) in [4.78, 5) is 14.0. The number of phenols is 5. The van der Waals surface area contributed by atoms with E-state index < -0.39 is 35.4 Å². The molecule has 0 saturated heterocycles. The van der Waals surface area contributed by atoms with Gasteiger partial charge in [-0.25, -0.2) is 0 Å². The van der Waals surface area contributed by atoms with Crippen molar-refractivity contribution < 1.29 is 49.6 Å². The summed E-state index contributed by atoms with van der Waals surface area (Å²) < 4.78 is 18.3. The van der Waals surface area contributed by atoms with E-state index in [2.05, 4.69) is 0 Å². The molecule has 10 heteroatoms. The molecule has 40 heavy (non-hydrogen) atoms. The summed E-state index contributed by atoms with van der Waals surface area (Å²) in [5.41, 5.74) is -0.410. The van der Waals surface area contributed by atoms with Gasteiger partial charge in [0.2, 0.25) is 0 Å². The molecule has 202 valence electrons. The van der Waals surface area contributed by atoms with Crippen LogP contribution in [0.25, 0.3) is 0 Å². The van der Waals surface area contributed by atoms with Gasteiger partial charge in [-0.15, -0.1) is 0 Å². The number of benzene rings is 4. The number of hydrogen-bond donors (Lipinski definition) is 6. The van der Waals surface area contributed by atoms with Crippen molar-refractivity contribution in [1.29, 1.82) is 0 Å². The number of rotatable bonds is 2. The zero-order valence-electron chi connectivity index (χ0n) is 20.6. The fourth-order valence-electron chi connectivity index (χ4n) is 6.06. The van der Waals surface area contributed by atoms with Crippen LogP contribution in [0.4, 0.5) is 0 Å². The van der Waals surface area contributed by atoms with Crippen LogP contribution in [0.3, 0.4) is 0 Å². The number of fused-ring (bicyclic) bond motifs is 6. The second-order valence-corrected chi connectivity index (χ2v) is 10.1. The second kappa shape index (κ2) is 8.20. The predicted octanol–water partition coefficient (Wildman–Crippen LogP) is 3.59. The van der Waals surface area contributed by atoms with Crippen molar-refractivity contribution >= 4 is 5.97 Å². The van der Waals surface area contributed by atoms with Crippen LogP contribution in [-0.4, -0.2) is 42.7 Å². The monoisotopic (exact) mass is 542 g/mol. The molecule has 0 bridgehead atoms. The third kappa shape index (κ3) is 3.16. The molecule has 4 aromatic rings. The molecule has 3 aliphatic rings. The van der Waals surface area contributed by atoms with Crippen LogP contribution in [0.1, 0.15) is 40.0 Å². The number of carbonyl (C=O) groups is 1. The number of aromatic hydroxyl groups is 5. The Kier molecular flexibility index (Phi) is 4.92. The summed E-state index contributed by atoms with van der Waals surface area (Å²) in [6.45, 7) is 0. The Morgan fingerprint density at radius 1 is 0.700 bits per heavy atom. The van der Waals surface area contributed by atoms with Crippen LogP contribution in [0.15, 0.2) is 66.7 Å². The Morgan fingerprint density at radius 3 is 2.02 bits per heavy atom. The van der Waals surface area contributed by atoms with E-state index in [0.717, 1.165) is 6.07 Å². The average Bonchev–Trinajstić information content (AvgIpc) is 3.40. The van der Waals surface area contributed by atoms with Crippen molar-refractivity contribution in [3.8, 4) is 46.0 Å². The first-order chi connectivity index (χ1) is 19.2. The molecule has 1 spiro atoms. The van der Waals surface area contributed by atoms with Crippen molar-refractivity contribution in [2.45, 2.75) is 30.1 Å². The topological polar surface area (TPSA) is 166 Å². The zero-order valence-corrected chi connectivity index (χ0v) is 20.6. The molecule has 7 rings (SSSR count). The minimum Gasteiger partial charge on any atom is -0.508 e. The van der Waals surface area contributed by atoms with Crippen LogP contribution in [0.2, 0.25) is 0 Å². The van der Waals surface area contributed by atoms with Gasteiger partial charge < -0.3 is 44.8 Å². The molecular weight excluding hydrogens is 520 g/mol. The number of carbonyl (C=O) groups excluding carboxylic acids is 1. The predicted molar refractivity (Wildman–Crippen MR) is 137 cm³/mol. The lowest BCUT2D eigenvalue weighted by Gasteiger charge is -2.35. The maximum absolute atomic E-state index is 14.0. The van der Waals surface area contributed by atoms with Gasteiger partial charge in [0, 0.05) is 30.2 Å². The highest BCUT2D eigenvalue weighted by Gasteiger charge is 2.66. The molecule has 3 heterocycles. The third-order valence-corrected chi connectivity index (χ3v) is 7.77. The van der Waals surface area contributed by atoms with Crippen LogP contribution >= 0.6 is 0 Å². The quantitative estimate of drug-likeness (QED) is 0.163. The van der Waals surface area contributed by atoms with Gasteiger partial charge in [-0.3, -0.25) is 4.79 Å². The van der Waals surface area contributed by atoms with E-state index in [1.807, 2.05) is 0 Å². The molecule has 0 aliphatic carbocycles. The molecule has 4 aromatic carbocycles. The number of aliphatic hydroxyl groups is 1. The van der Waals surface area contributed by atoms with E-state index in [4.69, 9.17) is 14.2 Å². The first-order valence-electron chi connectivity index (χ1n) is 12.5. The Morgan fingerprint density at radius 2 is 1.35 bits per heavy atom. The van der Waals surface area contributed by atoms with E-state index in [-0.39, 0.29) is 63.4 Å². The van der Waals surface area contributed by atoms with Crippen molar-refractivity contribution in [2.24, 2.45) is 0 Å². The average molecular weight is 542 g/mol. The van der Waals surface area contributed by atoms with Gasteiger partial charge in [0.1, 0.15) is 58.2 Å². The SMILES string of the molecule is O=C1Oc2cc(O)c3c(c2[C@@]12c1c(O)cc(O)cc1O[C@@H]2c1ccc(O)cc1)O[C@H](c1ccc(O)cc1)[C@H](O)C3. The summed E-state index contributed by atoms with van der Waals surface area (Å²) in [6.07, 6.45) is -3.20. The van der Waals surface area contributed by atoms with E-state index in [0.29, 0.717) is 11.1 Å². The van der Waals surface area contributed by atoms with E-state index in [1.165, 1.54) is 36.4 Å². The smallest absolute Gasteiger partial charge is 0.331 e. The maximum Gasteiger partial charge on any atom is 0.331 e. The molecule has 0 saturated carbocycles. The Balaban J connectivity index is 1.51. The highest BCUT2D eigenvalue weighted by Crippen LogP contribution is 2.66. The largest absolute Gasteiger partial charge is 0.508 e. The minimum atomic E-state index is -1.85. The number of aliphatic hydroxyl groups excluding tert-OH is 1. The molecule has 4 atom stereocenters. The maximum atomic E-state index is 14.0. The summed E-state index contributed by atoms with van der Waals surface area (Å²) in [5.74, 6) is -1.67. The van der Waals surface area contributed by atoms with Gasteiger partial charge in [-0.05, 0) is 35.4 Å². The number of hydrogen-bond acceptors (Lipinski definition) is 10. The molecule has 6 N–H and O–H groups in total. The molecule has 0 radical (unpaired) electrons. The van der Waals surface area contributed by atoms with E-state index >= 15 is 0 Å². The van der Waals surface area contributed by atoms with Crippen molar-refractivity contribution in [1.82, 2.24) is 0 Å². The minimum absolute atomic E-state index is 0.0143. The van der Waals surface area contributed by atoms with Crippen LogP contribution in [-0.2, 0) is 16.6 Å². The molecular formula is C30H22O10. The van der Waals surface area contributed by atoms with Crippen LogP contribution in [0.5, 0.6) is 46.0 Å². The molecule has 3 aliphatic heterocycles. The zero-order chi connectivity index (χ0) is 27.9. The lowest BCUT2D eigenvalue weighted by molar-refractivity contribution is -0.139. The number of ether oxygens (including phenoxy) is 3. The number of phenolic OH excluding ortho intramolecular Hbond substituents is 5.